The summed E-state index contributed by atoms with van der Waals surface area (Å²) >= 11 is 12.3. The summed E-state index contributed by atoms with van der Waals surface area (Å²) in [6.07, 6.45) is -1.11. The van der Waals surface area contributed by atoms with Crippen LogP contribution >= 0.6 is 30.6 Å². The van der Waals surface area contributed by atoms with E-state index in [2.05, 4.69) is 0 Å². The lowest BCUT2D eigenvalue weighted by atomic mass is 10.3. The number of benzene rings is 3. The van der Waals surface area contributed by atoms with E-state index in [4.69, 9.17) is 23.2 Å². The van der Waals surface area contributed by atoms with Crippen LogP contribution in [0, 0.1) is 0 Å². The highest BCUT2D eigenvalue weighted by atomic mass is 35.5. The Bertz CT molecular complexity index is 1160. The Morgan fingerprint density at radius 3 is 1.76 bits per heavy atom. The van der Waals surface area contributed by atoms with Crippen molar-refractivity contribution in [2.75, 3.05) is 27.3 Å². The molecule has 0 bridgehead atoms. The van der Waals surface area contributed by atoms with E-state index in [0.29, 0.717) is 28.8 Å². The smallest absolute Gasteiger partial charge is 0.275 e. The Hall–Kier alpha value is -2.50. The van der Waals surface area contributed by atoms with Gasteiger partial charge in [-0.15, -0.1) is 0 Å². The number of nitrogens with zero attached hydrogens (tertiary/aromatic N) is 3. The lowest BCUT2D eigenvalue weighted by Gasteiger charge is -2.35. The molecule has 3 aromatic carbocycles. The van der Waals surface area contributed by atoms with Crippen LogP contribution in [0.5, 0.6) is 0 Å². The predicted molar refractivity (Wildman–Crippen MR) is 134 cm³/mol. The van der Waals surface area contributed by atoms with Gasteiger partial charge in [0.1, 0.15) is 11.9 Å². The van der Waals surface area contributed by atoms with Gasteiger partial charge < -0.3 is 14.4 Å². The molecule has 5 rings (SSSR count). The number of rotatable bonds is 4. The van der Waals surface area contributed by atoms with Crippen molar-refractivity contribution in [3.8, 4) is 0 Å². The Kier molecular flexibility index (Phi) is 5.87. The molecule has 9 heteroatoms. The van der Waals surface area contributed by atoms with Gasteiger partial charge in [-0.25, -0.2) is 0 Å². The van der Waals surface area contributed by atoms with E-state index in [1.165, 1.54) is 4.90 Å². The number of aliphatic hydroxyl groups excluding tert-OH is 1. The fourth-order valence-electron chi connectivity index (χ4n) is 4.70. The van der Waals surface area contributed by atoms with E-state index in [1.54, 1.807) is 18.2 Å². The molecule has 2 heterocycles. The van der Waals surface area contributed by atoms with Gasteiger partial charge in [-0.1, -0.05) is 59.6 Å². The lowest BCUT2D eigenvalue weighted by molar-refractivity contribution is -0.117. The molecule has 0 saturated carbocycles. The molecule has 6 nitrogen and oxygen atoms in total. The van der Waals surface area contributed by atoms with Gasteiger partial charge >= 0.3 is 0 Å². The first-order valence-corrected chi connectivity index (χ1v) is 13.1. The molecule has 2 atom stereocenters. The summed E-state index contributed by atoms with van der Waals surface area (Å²) in [5.74, 6) is -0.409. The number of hydrogen-bond donors (Lipinski definition) is 1. The zero-order valence-corrected chi connectivity index (χ0v) is 20.0. The third-order valence-corrected chi connectivity index (χ3v) is 10.0. The first kappa shape index (κ1) is 22.3. The number of aliphatic hydroxyl groups is 1. The zero-order valence-electron chi connectivity index (χ0n) is 17.6. The standard InChI is InChI=1S/C24H22Cl2N3O3P/c25-17-13-18(26)15-21(14-17)29-23(30)16-22(24(29)31)33(32)27(19-7-3-1-4-8-19)11-12-28(33)20-9-5-2-6-10-20/h1-10,13-15,22-23,30H,11-12,16H2. The van der Waals surface area contributed by atoms with E-state index in [0.717, 1.165) is 11.4 Å². The van der Waals surface area contributed by atoms with Crippen LogP contribution in [-0.4, -0.2) is 36.0 Å². The maximum absolute atomic E-state index is 15.0. The average molecular weight is 502 g/mol. The predicted octanol–water partition coefficient (Wildman–Crippen LogP) is 5.64. The van der Waals surface area contributed by atoms with Crippen LogP contribution in [0.3, 0.4) is 0 Å². The fourth-order valence-corrected chi connectivity index (χ4v) is 8.71. The highest BCUT2D eigenvalue weighted by molar-refractivity contribution is 7.69. The second-order valence-corrected chi connectivity index (χ2v) is 11.7. The van der Waals surface area contributed by atoms with E-state index in [-0.39, 0.29) is 6.42 Å². The van der Waals surface area contributed by atoms with Crippen LogP contribution in [0.4, 0.5) is 17.1 Å². The molecule has 170 valence electrons. The lowest BCUT2D eigenvalue weighted by Crippen LogP contribution is -2.37. The Morgan fingerprint density at radius 2 is 1.27 bits per heavy atom. The normalized spacial score (nSPS) is 22.3. The van der Waals surface area contributed by atoms with Crippen molar-refractivity contribution in [3.05, 3.63) is 88.9 Å². The van der Waals surface area contributed by atoms with Gasteiger partial charge in [0.25, 0.3) is 7.44 Å². The summed E-state index contributed by atoms with van der Waals surface area (Å²) in [6, 6.07) is 23.6. The first-order chi connectivity index (χ1) is 15.9. The van der Waals surface area contributed by atoms with Crippen molar-refractivity contribution in [2.45, 2.75) is 18.3 Å². The van der Waals surface area contributed by atoms with Crippen molar-refractivity contribution in [3.63, 3.8) is 0 Å². The molecule has 2 aliphatic heterocycles. The van der Waals surface area contributed by atoms with Gasteiger partial charge in [0.2, 0.25) is 5.91 Å². The molecule has 3 aromatic rings. The number of para-hydroxylation sites is 2. The minimum atomic E-state index is -3.51. The highest BCUT2D eigenvalue weighted by Gasteiger charge is 2.57. The maximum atomic E-state index is 15.0. The van der Waals surface area contributed by atoms with Crippen LogP contribution in [0.1, 0.15) is 6.42 Å². The van der Waals surface area contributed by atoms with Gasteiger partial charge in [-0.2, -0.15) is 0 Å². The van der Waals surface area contributed by atoms with Crippen LogP contribution in [0.25, 0.3) is 0 Å². The van der Waals surface area contributed by atoms with Gasteiger partial charge in [-0.05, 0) is 42.5 Å². The number of carbonyl (C=O) groups excluding carboxylic acids is 1. The van der Waals surface area contributed by atoms with Crippen molar-refractivity contribution >= 4 is 53.6 Å². The van der Waals surface area contributed by atoms with Crippen molar-refractivity contribution in [1.29, 1.82) is 0 Å². The second-order valence-electron chi connectivity index (χ2n) is 8.07. The fraction of sp³-hybridized carbons (Fsp3) is 0.208. The molecular formula is C24H22Cl2N3O3P. The molecule has 2 fully saturated rings. The monoisotopic (exact) mass is 501 g/mol. The van der Waals surface area contributed by atoms with Gasteiger partial charge in [0, 0.05) is 46.6 Å². The molecule has 0 radical (unpaired) electrons. The number of amides is 1. The topological polar surface area (TPSA) is 64.1 Å². The molecule has 0 spiro atoms. The van der Waals surface area contributed by atoms with E-state index in [1.807, 2.05) is 70.0 Å². The summed E-state index contributed by atoms with van der Waals surface area (Å²) in [6.45, 7) is 0.998. The van der Waals surface area contributed by atoms with Crippen LogP contribution in [0.15, 0.2) is 78.9 Å². The van der Waals surface area contributed by atoms with E-state index >= 15 is 0 Å². The summed E-state index contributed by atoms with van der Waals surface area (Å²) < 4.78 is 18.7. The number of carbonyl (C=O) groups is 1. The second kappa shape index (κ2) is 8.69. The molecule has 33 heavy (non-hydrogen) atoms. The van der Waals surface area contributed by atoms with Crippen LogP contribution in [-0.2, 0) is 9.36 Å². The van der Waals surface area contributed by atoms with E-state index < -0.39 is 25.2 Å². The molecule has 2 aliphatic rings. The molecule has 0 aliphatic carbocycles. The van der Waals surface area contributed by atoms with Crippen LogP contribution in [0.2, 0.25) is 10.0 Å². The summed E-state index contributed by atoms with van der Waals surface area (Å²) in [5.41, 5.74) is 1.03. The van der Waals surface area contributed by atoms with E-state index in [9.17, 15) is 14.5 Å². The Morgan fingerprint density at radius 1 is 0.788 bits per heavy atom. The number of anilines is 3. The van der Waals surface area contributed by atoms with Crippen LogP contribution < -0.4 is 14.2 Å². The molecule has 0 aromatic heterocycles. The Labute approximate surface area is 202 Å². The average Bonchev–Trinajstić information content (AvgIpc) is 3.31. The summed E-state index contributed by atoms with van der Waals surface area (Å²) in [4.78, 5) is 15.0. The summed E-state index contributed by atoms with van der Waals surface area (Å²) in [5, 5.41) is 11.6. The molecule has 2 saturated heterocycles. The third kappa shape index (κ3) is 3.81. The van der Waals surface area contributed by atoms with Gasteiger partial charge in [-0.3, -0.25) is 14.3 Å². The first-order valence-electron chi connectivity index (χ1n) is 10.6. The summed E-state index contributed by atoms with van der Waals surface area (Å²) in [7, 11) is -3.51. The quantitative estimate of drug-likeness (QED) is 0.468. The number of hydrogen-bond acceptors (Lipinski definition) is 3. The molecular weight excluding hydrogens is 480 g/mol. The minimum absolute atomic E-state index is 0.0346. The molecule has 1 N–H and O–H groups in total. The minimum Gasteiger partial charge on any atom is -0.373 e. The van der Waals surface area contributed by atoms with Crippen molar-refractivity contribution < 1.29 is 14.5 Å². The maximum Gasteiger partial charge on any atom is 0.275 e. The van der Waals surface area contributed by atoms with Gasteiger partial charge in [0.05, 0.1) is 0 Å². The zero-order chi connectivity index (χ0) is 23.2. The molecule has 1 amide bonds. The highest BCUT2D eigenvalue weighted by Crippen LogP contribution is 2.66. The van der Waals surface area contributed by atoms with Gasteiger partial charge in [0.15, 0.2) is 0 Å². The number of halogens is 2. The SMILES string of the molecule is O=C1C(P2(=O)N(c3ccccc3)CCN2c2ccccc2)CC(O)N1c1cc(Cl)cc(Cl)c1. The van der Waals surface area contributed by atoms with Crippen molar-refractivity contribution in [1.82, 2.24) is 0 Å². The Balaban J connectivity index is 1.60. The molecule has 2 unspecified atom stereocenters. The largest absolute Gasteiger partial charge is 0.373 e. The van der Waals surface area contributed by atoms with Crippen molar-refractivity contribution in [2.24, 2.45) is 0 Å². The third-order valence-electron chi connectivity index (χ3n) is 6.11.